The molecule has 3 aromatic carbocycles. The number of ether oxygens (including phenoxy) is 8. The number of pyridine rings is 2. The Bertz CT molecular complexity index is 2910. The van der Waals surface area contributed by atoms with E-state index in [2.05, 4.69) is 9.97 Å². The molecule has 6 rings (SSSR count). The highest BCUT2D eigenvalue weighted by Gasteiger charge is 2.37. The number of fused-ring (bicyclic) bond motifs is 3. The molecule has 6 aromatic rings. The molecule has 0 radical (unpaired) electrons. The maximum Gasteiger partial charge on any atom is 0.325 e. The zero-order valence-electron chi connectivity index (χ0n) is 45.8. The van der Waals surface area contributed by atoms with E-state index < -0.39 is 77.2 Å². The van der Waals surface area contributed by atoms with Gasteiger partial charge in [-0.3, -0.25) is 48.3 Å². The molecule has 82 heavy (non-hydrogen) atoms. The van der Waals surface area contributed by atoms with E-state index in [1.165, 1.54) is 37.6 Å². The first-order valence-corrected chi connectivity index (χ1v) is 25.8. The van der Waals surface area contributed by atoms with Crippen molar-refractivity contribution in [3.05, 3.63) is 142 Å². The Morgan fingerprint density at radius 3 is 1.30 bits per heavy atom. The van der Waals surface area contributed by atoms with Gasteiger partial charge in [0.2, 0.25) is 0 Å². The Balaban J connectivity index is 0.00000106. The lowest BCUT2D eigenvalue weighted by Gasteiger charge is -2.17. The van der Waals surface area contributed by atoms with E-state index in [1.807, 2.05) is 37.3 Å². The lowest BCUT2D eigenvalue weighted by Crippen LogP contribution is -2.27. The summed E-state index contributed by atoms with van der Waals surface area (Å²) in [5.74, 6) is -10.9. The predicted molar refractivity (Wildman–Crippen MR) is 307 cm³/mol. The van der Waals surface area contributed by atoms with E-state index in [-0.39, 0.29) is 91.3 Å². The molecule has 0 aliphatic rings. The summed E-state index contributed by atoms with van der Waals surface area (Å²) in [4.78, 5) is 103. The molecule has 0 unspecified atom stereocenters. The maximum atomic E-state index is 14.2. The lowest BCUT2D eigenvalue weighted by atomic mass is 9.96. The summed E-state index contributed by atoms with van der Waals surface area (Å²) in [6.07, 6.45) is 4.52. The number of carbonyl (C=O) groups excluding carboxylic acids is 8. The first-order valence-electron chi connectivity index (χ1n) is 25.4. The average Bonchev–Trinajstić information content (AvgIpc) is 3.81. The van der Waals surface area contributed by atoms with Crippen molar-refractivity contribution in [1.29, 1.82) is 0 Å². The number of aromatic nitrogens is 2. The highest BCUT2D eigenvalue weighted by atomic mass is 35.5. The van der Waals surface area contributed by atoms with Gasteiger partial charge in [-0.05, 0) is 116 Å². The van der Waals surface area contributed by atoms with Crippen LogP contribution in [0.2, 0.25) is 5.02 Å². The number of nitrogens with zero attached hydrogens (tertiary/aromatic N) is 2. The molecule has 0 aliphatic carbocycles. The van der Waals surface area contributed by atoms with Gasteiger partial charge in [0.1, 0.15) is 17.0 Å². The molecule has 0 amide bonds. The summed E-state index contributed by atoms with van der Waals surface area (Å²) in [6.45, 7) is 18.1. The molecule has 3 aromatic heterocycles. The van der Waals surface area contributed by atoms with Crippen LogP contribution in [0, 0.1) is 19.7 Å². The number of aryl methyl sites for hydroxylation is 2. The van der Waals surface area contributed by atoms with E-state index in [0.717, 1.165) is 16.5 Å². The molecule has 0 saturated heterocycles. The minimum atomic E-state index is -1.51. The second kappa shape index (κ2) is 38.4. The van der Waals surface area contributed by atoms with E-state index >= 15 is 0 Å². The van der Waals surface area contributed by atoms with Crippen LogP contribution in [0.5, 0.6) is 0 Å². The first kappa shape index (κ1) is 73.7. The van der Waals surface area contributed by atoms with Crippen molar-refractivity contribution in [2.45, 2.75) is 115 Å². The monoisotopic (exact) mass is 1160 g/mol. The molecule has 0 fully saturated rings. The second-order valence-corrected chi connectivity index (χ2v) is 16.6. The van der Waals surface area contributed by atoms with Gasteiger partial charge in [0.25, 0.3) is 0 Å². The molecule has 0 aliphatic heterocycles. The molecule has 0 spiro atoms. The smallest absolute Gasteiger partial charge is 0.325 e. The van der Waals surface area contributed by atoms with Crippen molar-refractivity contribution in [2.75, 3.05) is 52.9 Å². The third-order valence-corrected chi connectivity index (χ3v) is 11.2. The van der Waals surface area contributed by atoms with Crippen LogP contribution in [0.3, 0.4) is 0 Å². The van der Waals surface area contributed by atoms with Crippen molar-refractivity contribution < 1.29 is 85.1 Å². The average molecular weight is 1170 g/mol. The third kappa shape index (κ3) is 20.7. The minimum absolute atomic E-state index is 0. The molecule has 0 saturated carbocycles. The number of para-hydroxylation sites is 2. The molecule has 21 heteroatoms. The Morgan fingerprint density at radius 2 is 0.878 bits per heavy atom. The Hall–Kier alpha value is -8.26. The maximum absolute atomic E-state index is 14.2. The van der Waals surface area contributed by atoms with E-state index in [0.29, 0.717) is 27.9 Å². The summed E-state index contributed by atoms with van der Waals surface area (Å²) in [6, 6.07) is 22.5. The summed E-state index contributed by atoms with van der Waals surface area (Å²) in [7, 11) is 0. The molecular formula is C61H78ClFN2O17. The van der Waals surface area contributed by atoms with E-state index in [9.17, 15) is 42.7 Å². The van der Waals surface area contributed by atoms with Gasteiger partial charge < -0.3 is 42.3 Å². The fourth-order valence-corrected chi connectivity index (χ4v) is 7.62. The van der Waals surface area contributed by atoms with Crippen LogP contribution in [0.25, 0.3) is 21.9 Å². The summed E-state index contributed by atoms with van der Waals surface area (Å²) < 4.78 is 59.4. The largest absolute Gasteiger partial charge is 0.465 e. The summed E-state index contributed by atoms with van der Waals surface area (Å²) in [5.41, 5.74) is 3.56. The Morgan fingerprint density at radius 1 is 0.476 bits per heavy atom. The Kier molecular flexibility index (Phi) is 34.5. The van der Waals surface area contributed by atoms with Gasteiger partial charge in [-0.2, -0.15) is 0 Å². The zero-order valence-corrected chi connectivity index (χ0v) is 46.6. The van der Waals surface area contributed by atoms with Gasteiger partial charge in [-0.1, -0.05) is 82.4 Å². The van der Waals surface area contributed by atoms with Gasteiger partial charge in [-0.25, -0.2) is 4.39 Å². The Labute approximate surface area is 484 Å². The molecule has 19 nitrogen and oxygen atoms in total. The van der Waals surface area contributed by atoms with Gasteiger partial charge in [0, 0.05) is 51.2 Å². The fraction of sp³-hybridized carbons (Fsp3) is 0.410. The van der Waals surface area contributed by atoms with Gasteiger partial charge >= 0.3 is 47.8 Å². The molecule has 0 N–H and O–H groups in total. The number of furan rings is 1. The summed E-state index contributed by atoms with van der Waals surface area (Å²) in [5, 5.41) is 1.77. The number of hydrogen-bond acceptors (Lipinski definition) is 19. The molecular weight excluding hydrogens is 1090 g/mol. The van der Waals surface area contributed by atoms with Crippen molar-refractivity contribution >= 4 is 81.3 Å². The van der Waals surface area contributed by atoms with Crippen LogP contribution in [0.15, 0.2) is 102 Å². The quantitative estimate of drug-likeness (QED) is 0.0391. The van der Waals surface area contributed by atoms with Gasteiger partial charge in [-0.15, -0.1) is 0 Å². The highest BCUT2D eigenvalue weighted by Crippen LogP contribution is 2.35. The molecule has 448 valence electrons. The number of benzene rings is 3. The first-order chi connectivity index (χ1) is 37.9. The van der Waals surface area contributed by atoms with Crippen molar-refractivity contribution in [2.24, 2.45) is 0 Å². The van der Waals surface area contributed by atoms with Gasteiger partial charge in [0.05, 0.1) is 52.9 Å². The van der Waals surface area contributed by atoms with Crippen LogP contribution in [-0.4, -0.2) is 111 Å². The number of carbonyl (C=O) groups is 8. The standard InChI is InChI=1S/C19H18O5.C14H16ClFO4.C13H17NO4.C12H15NO4.3CH4/c1-3-22-18(20)16(19(21)23-4-2)14-10-7-9-13-12-8-5-6-11-15(12)24-17(13)14;1-4-19-13(17)11(14(18)20-5-2)10-9(15)7-6-8(3)12(10)16;1-4-17-12(15)11(13(16)18-5-2)10-7-6-9(3)14-8-10;1-3-16-11(14)10(12(15)17-4-2)9-5-7-13-8-6-9;;;/h5-11,16H,3-4H2,1-2H3;6-7,11H,4-5H2,1-3H3;6-8,11H,4-5H2,1-3H3;5-8,10H,3-4H2,1-2H3;3*1H4. The number of halogens is 2. The second-order valence-electron chi connectivity index (χ2n) is 16.2. The van der Waals surface area contributed by atoms with Crippen LogP contribution >= 0.6 is 11.6 Å². The highest BCUT2D eigenvalue weighted by molar-refractivity contribution is 6.32. The molecule has 0 bridgehead atoms. The minimum Gasteiger partial charge on any atom is -0.465 e. The van der Waals surface area contributed by atoms with Crippen LogP contribution in [0.1, 0.15) is 135 Å². The SMILES string of the molecule is C.C.C.CCOC(=O)C(C(=O)OCC)c1c(Cl)ccc(C)c1F.CCOC(=O)C(C(=O)OCC)c1ccc(C)nc1.CCOC(=O)C(C(=O)OCC)c1cccc2c1oc1ccccc12.CCOC(=O)C(C(=O)OCC)c1ccncc1. The van der Waals surface area contributed by atoms with Crippen molar-refractivity contribution in [3.63, 3.8) is 0 Å². The normalized spacial score (nSPS) is 10.1. The number of esters is 8. The zero-order chi connectivity index (χ0) is 58.6. The summed E-state index contributed by atoms with van der Waals surface area (Å²) >= 11 is 5.93. The van der Waals surface area contributed by atoms with Crippen LogP contribution in [0.4, 0.5) is 4.39 Å². The predicted octanol–water partition coefficient (Wildman–Crippen LogP) is 11.6. The topological polar surface area (TPSA) is 249 Å². The van der Waals surface area contributed by atoms with E-state index in [4.69, 9.17) is 53.9 Å². The van der Waals surface area contributed by atoms with Crippen molar-refractivity contribution in [3.8, 4) is 0 Å². The van der Waals surface area contributed by atoms with Crippen LogP contribution < -0.4 is 0 Å². The number of hydrogen-bond donors (Lipinski definition) is 0. The van der Waals surface area contributed by atoms with Gasteiger partial charge in [0.15, 0.2) is 23.7 Å². The van der Waals surface area contributed by atoms with E-state index in [1.54, 1.807) is 91.8 Å². The fourth-order valence-electron chi connectivity index (χ4n) is 7.37. The van der Waals surface area contributed by atoms with Crippen LogP contribution in [-0.2, 0) is 76.3 Å². The lowest BCUT2D eigenvalue weighted by molar-refractivity contribution is -0.158. The molecule has 0 atom stereocenters. The third-order valence-electron chi connectivity index (χ3n) is 10.8. The molecule has 3 heterocycles. The van der Waals surface area contributed by atoms with Crippen molar-refractivity contribution in [1.82, 2.24) is 9.97 Å². The number of rotatable bonds is 20.